The number of alkyl halides is 3. The standard InChI is InChI=1S/C21H17F3N4O3S/c22-21(23,24)16-7-6-9-18(13-16)28(32(30,31)19-10-2-1-3-11-19)15-20(29)27-26-14-17-8-4-5-12-25-17/h1-14H,15H2,(H,27,29)/b26-14-. The Labute approximate surface area is 182 Å². The monoisotopic (exact) mass is 462 g/mol. The molecule has 0 aliphatic carbocycles. The highest BCUT2D eigenvalue weighted by atomic mass is 32.2. The Morgan fingerprint density at radius 1 is 1.03 bits per heavy atom. The number of sulfonamides is 1. The van der Waals surface area contributed by atoms with E-state index < -0.39 is 34.2 Å². The summed E-state index contributed by atoms with van der Waals surface area (Å²) in [6.07, 6.45) is -1.92. The first-order chi connectivity index (χ1) is 15.2. The molecule has 1 aromatic heterocycles. The first kappa shape index (κ1) is 22.9. The van der Waals surface area contributed by atoms with E-state index in [1.807, 2.05) is 0 Å². The summed E-state index contributed by atoms with van der Waals surface area (Å²) >= 11 is 0. The number of halogens is 3. The fourth-order valence-corrected chi connectivity index (χ4v) is 4.09. The number of amides is 1. The molecule has 0 radical (unpaired) electrons. The summed E-state index contributed by atoms with van der Waals surface area (Å²) in [7, 11) is -4.35. The van der Waals surface area contributed by atoms with Crippen molar-refractivity contribution in [1.82, 2.24) is 10.4 Å². The van der Waals surface area contributed by atoms with Crippen LogP contribution in [0.2, 0.25) is 0 Å². The Morgan fingerprint density at radius 3 is 2.41 bits per heavy atom. The number of carbonyl (C=O) groups excluding carboxylic acids is 1. The smallest absolute Gasteiger partial charge is 0.271 e. The van der Waals surface area contributed by atoms with E-state index >= 15 is 0 Å². The van der Waals surface area contributed by atoms with Gasteiger partial charge in [0, 0.05) is 6.20 Å². The summed E-state index contributed by atoms with van der Waals surface area (Å²) in [6.45, 7) is -0.794. The van der Waals surface area contributed by atoms with Crippen LogP contribution in [-0.2, 0) is 21.0 Å². The maximum atomic E-state index is 13.2. The number of hydrogen-bond donors (Lipinski definition) is 1. The molecule has 0 saturated heterocycles. The molecule has 0 atom stereocenters. The second-order valence-corrected chi connectivity index (χ2v) is 8.28. The van der Waals surface area contributed by atoms with Crippen LogP contribution < -0.4 is 9.73 Å². The van der Waals surface area contributed by atoms with E-state index in [4.69, 9.17) is 0 Å². The van der Waals surface area contributed by atoms with Gasteiger partial charge in [-0.1, -0.05) is 30.3 Å². The number of nitrogens with one attached hydrogen (secondary N) is 1. The summed E-state index contributed by atoms with van der Waals surface area (Å²) in [6, 6.07) is 15.9. The van der Waals surface area contributed by atoms with Crippen LogP contribution in [0.15, 0.2) is 89.0 Å². The van der Waals surface area contributed by atoms with Crippen LogP contribution in [0.1, 0.15) is 11.3 Å². The molecule has 1 N–H and O–H groups in total. The van der Waals surface area contributed by atoms with Crippen molar-refractivity contribution in [2.75, 3.05) is 10.8 Å². The second-order valence-electron chi connectivity index (χ2n) is 6.42. The van der Waals surface area contributed by atoms with E-state index in [0.29, 0.717) is 16.1 Å². The van der Waals surface area contributed by atoms with Gasteiger partial charge in [0.05, 0.1) is 28.1 Å². The van der Waals surface area contributed by atoms with Gasteiger partial charge in [-0.25, -0.2) is 13.8 Å². The van der Waals surface area contributed by atoms with Crippen molar-refractivity contribution in [3.63, 3.8) is 0 Å². The topological polar surface area (TPSA) is 91.7 Å². The number of hydrogen-bond acceptors (Lipinski definition) is 5. The first-order valence-electron chi connectivity index (χ1n) is 9.16. The zero-order valence-electron chi connectivity index (χ0n) is 16.4. The van der Waals surface area contributed by atoms with Crippen LogP contribution in [0, 0.1) is 0 Å². The van der Waals surface area contributed by atoms with E-state index in [2.05, 4.69) is 15.5 Å². The average Bonchev–Trinajstić information content (AvgIpc) is 2.78. The number of benzene rings is 2. The lowest BCUT2D eigenvalue weighted by Crippen LogP contribution is -2.39. The second kappa shape index (κ2) is 9.60. The molecule has 1 heterocycles. The van der Waals surface area contributed by atoms with Crippen molar-refractivity contribution in [2.24, 2.45) is 5.10 Å². The summed E-state index contributed by atoms with van der Waals surface area (Å²) in [5.74, 6) is -0.853. The Balaban J connectivity index is 1.91. The predicted molar refractivity (Wildman–Crippen MR) is 112 cm³/mol. The normalized spacial score (nSPS) is 12.0. The lowest BCUT2D eigenvalue weighted by molar-refractivity contribution is -0.137. The summed E-state index contributed by atoms with van der Waals surface area (Å²) in [4.78, 5) is 16.2. The molecule has 0 bridgehead atoms. The summed E-state index contributed by atoms with van der Waals surface area (Å²) < 4.78 is 66.4. The molecule has 0 aliphatic heterocycles. The third-order valence-electron chi connectivity index (χ3n) is 4.15. The van der Waals surface area contributed by atoms with Crippen molar-refractivity contribution >= 4 is 27.8 Å². The molecule has 0 saturated carbocycles. The number of anilines is 1. The van der Waals surface area contributed by atoms with Gasteiger partial charge >= 0.3 is 6.18 Å². The fraction of sp³-hybridized carbons (Fsp3) is 0.0952. The molecule has 2 aromatic carbocycles. The molecule has 0 unspecified atom stereocenters. The number of nitrogens with zero attached hydrogens (tertiary/aromatic N) is 3. The van der Waals surface area contributed by atoms with Gasteiger partial charge < -0.3 is 0 Å². The number of carbonyl (C=O) groups is 1. The Morgan fingerprint density at radius 2 is 1.75 bits per heavy atom. The van der Waals surface area contributed by atoms with Gasteiger partial charge in [0.1, 0.15) is 6.54 Å². The molecule has 3 aromatic rings. The molecule has 0 spiro atoms. The molecule has 3 rings (SSSR count). The van der Waals surface area contributed by atoms with Crippen molar-refractivity contribution in [2.45, 2.75) is 11.1 Å². The predicted octanol–water partition coefficient (Wildman–Crippen LogP) is 3.45. The van der Waals surface area contributed by atoms with E-state index in [1.54, 1.807) is 24.3 Å². The number of pyridine rings is 1. The maximum absolute atomic E-state index is 13.2. The summed E-state index contributed by atoms with van der Waals surface area (Å²) in [5, 5.41) is 3.71. The zero-order valence-corrected chi connectivity index (χ0v) is 17.2. The molecule has 11 heteroatoms. The van der Waals surface area contributed by atoms with Gasteiger partial charge in [-0.15, -0.1) is 0 Å². The van der Waals surface area contributed by atoms with Gasteiger partial charge in [-0.2, -0.15) is 18.3 Å². The molecule has 1 amide bonds. The van der Waals surface area contributed by atoms with E-state index in [1.165, 1.54) is 42.7 Å². The van der Waals surface area contributed by atoms with Crippen LogP contribution >= 0.6 is 0 Å². The van der Waals surface area contributed by atoms with Crippen LogP contribution in [0.4, 0.5) is 18.9 Å². The average molecular weight is 462 g/mol. The molecule has 0 fully saturated rings. The number of rotatable bonds is 7. The lowest BCUT2D eigenvalue weighted by Gasteiger charge is -2.24. The third-order valence-corrected chi connectivity index (χ3v) is 5.94. The van der Waals surface area contributed by atoms with Gasteiger partial charge in [0.15, 0.2) is 0 Å². The zero-order chi connectivity index (χ0) is 23.2. The quantitative estimate of drug-likeness (QED) is 0.430. The fourth-order valence-electron chi connectivity index (χ4n) is 2.66. The van der Waals surface area contributed by atoms with Crippen molar-refractivity contribution in [3.05, 3.63) is 90.3 Å². The van der Waals surface area contributed by atoms with Gasteiger partial charge in [0.2, 0.25) is 0 Å². The minimum absolute atomic E-state index is 0.179. The molecule has 166 valence electrons. The van der Waals surface area contributed by atoms with Gasteiger partial charge in [-0.05, 0) is 42.5 Å². The minimum Gasteiger partial charge on any atom is -0.271 e. The minimum atomic E-state index is -4.69. The van der Waals surface area contributed by atoms with Crippen molar-refractivity contribution < 1.29 is 26.4 Å². The van der Waals surface area contributed by atoms with Crippen LogP contribution in [0.3, 0.4) is 0 Å². The lowest BCUT2D eigenvalue weighted by atomic mass is 10.2. The van der Waals surface area contributed by atoms with Crippen LogP contribution in [-0.4, -0.2) is 32.1 Å². The first-order valence-corrected chi connectivity index (χ1v) is 10.6. The Hall–Kier alpha value is -3.73. The van der Waals surface area contributed by atoms with Gasteiger partial charge in [0.25, 0.3) is 15.9 Å². The van der Waals surface area contributed by atoms with Gasteiger partial charge in [-0.3, -0.25) is 14.1 Å². The summed E-state index contributed by atoms with van der Waals surface area (Å²) in [5.41, 5.74) is 1.25. The third kappa shape index (κ3) is 5.70. The van der Waals surface area contributed by atoms with Crippen molar-refractivity contribution in [1.29, 1.82) is 0 Å². The Kier molecular flexibility index (Phi) is 6.89. The van der Waals surface area contributed by atoms with E-state index in [-0.39, 0.29) is 10.6 Å². The highest BCUT2D eigenvalue weighted by molar-refractivity contribution is 7.92. The highest BCUT2D eigenvalue weighted by Crippen LogP contribution is 2.33. The SMILES string of the molecule is O=C(CN(c1cccc(C(F)(F)F)c1)S(=O)(=O)c1ccccc1)N/N=C\c1ccccn1. The molecule has 32 heavy (non-hydrogen) atoms. The molecule has 7 nitrogen and oxygen atoms in total. The Bertz CT molecular complexity index is 1200. The van der Waals surface area contributed by atoms with Crippen LogP contribution in [0.25, 0.3) is 0 Å². The molecular weight excluding hydrogens is 445 g/mol. The number of aromatic nitrogens is 1. The molecular formula is C21H17F3N4O3S. The van der Waals surface area contributed by atoms with Crippen LogP contribution in [0.5, 0.6) is 0 Å². The maximum Gasteiger partial charge on any atom is 0.416 e. The molecule has 0 aliphatic rings. The largest absolute Gasteiger partial charge is 0.416 e. The van der Waals surface area contributed by atoms with E-state index in [0.717, 1.165) is 12.1 Å². The van der Waals surface area contributed by atoms with Crippen molar-refractivity contribution in [3.8, 4) is 0 Å². The van der Waals surface area contributed by atoms with E-state index in [9.17, 15) is 26.4 Å². The number of hydrazone groups is 1. The highest BCUT2D eigenvalue weighted by Gasteiger charge is 2.33.